The lowest BCUT2D eigenvalue weighted by Gasteiger charge is -2.28. The Morgan fingerprint density at radius 3 is 2.59 bits per heavy atom. The molecule has 1 atom stereocenters. The maximum atomic E-state index is 11.8. The molecule has 1 rings (SSSR count). The summed E-state index contributed by atoms with van der Waals surface area (Å²) in [6.45, 7) is 2.00. The van der Waals surface area contributed by atoms with E-state index in [1.54, 1.807) is 0 Å². The van der Waals surface area contributed by atoms with Crippen LogP contribution in [-0.4, -0.2) is 23.5 Å². The maximum absolute atomic E-state index is 11.8. The zero-order valence-corrected chi connectivity index (χ0v) is 11.6. The summed E-state index contributed by atoms with van der Waals surface area (Å²) in [4.78, 5) is 11.8. The van der Waals surface area contributed by atoms with Crippen LogP contribution in [0.2, 0.25) is 0 Å². The molecule has 1 unspecified atom stereocenters. The Hall–Kier alpha value is -0.690. The Bertz CT molecular complexity index is 280. The standard InChI is InChI=1S/C13H22N2OS/c1-3-4-10(9-14)13(16)15-11-5-7-12(17-2)8-6-11/h10-12H,3-8H2,1-2H3,(H,15,16). The van der Waals surface area contributed by atoms with E-state index in [1.165, 1.54) is 12.8 Å². The first-order valence-electron chi connectivity index (χ1n) is 6.44. The zero-order valence-electron chi connectivity index (χ0n) is 10.7. The van der Waals surface area contributed by atoms with Gasteiger partial charge in [0.2, 0.25) is 5.91 Å². The molecule has 0 heterocycles. The van der Waals surface area contributed by atoms with Gasteiger partial charge in [-0.25, -0.2) is 0 Å². The van der Waals surface area contributed by atoms with Crippen LogP contribution in [-0.2, 0) is 4.79 Å². The van der Waals surface area contributed by atoms with Crippen LogP contribution < -0.4 is 5.32 Å². The number of amides is 1. The van der Waals surface area contributed by atoms with Crippen molar-refractivity contribution in [2.24, 2.45) is 5.92 Å². The zero-order chi connectivity index (χ0) is 12.7. The van der Waals surface area contributed by atoms with Crippen molar-refractivity contribution < 1.29 is 4.79 Å². The van der Waals surface area contributed by atoms with Crippen molar-refractivity contribution in [1.82, 2.24) is 5.32 Å². The smallest absolute Gasteiger partial charge is 0.237 e. The summed E-state index contributed by atoms with van der Waals surface area (Å²) in [6, 6.07) is 2.39. The lowest BCUT2D eigenvalue weighted by atomic mass is 9.94. The van der Waals surface area contributed by atoms with E-state index in [4.69, 9.17) is 5.26 Å². The minimum atomic E-state index is -0.460. The van der Waals surface area contributed by atoms with E-state index in [1.807, 2.05) is 18.7 Å². The van der Waals surface area contributed by atoms with Crippen molar-refractivity contribution in [1.29, 1.82) is 5.26 Å². The van der Waals surface area contributed by atoms with Gasteiger partial charge in [0.1, 0.15) is 5.92 Å². The van der Waals surface area contributed by atoms with Crippen LogP contribution in [0.15, 0.2) is 0 Å². The lowest BCUT2D eigenvalue weighted by Crippen LogP contribution is -2.41. The second-order valence-corrected chi connectivity index (χ2v) is 5.83. The Morgan fingerprint density at radius 1 is 1.47 bits per heavy atom. The van der Waals surface area contributed by atoms with Crippen LogP contribution in [0.4, 0.5) is 0 Å². The van der Waals surface area contributed by atoms with Gasteiger partial charge in [-0.15, -0.1) is 0 Å². The van der Waals surface area contributed by atoms with Gasteiger partial charge >= 0.3 is 0 Å². The molecule has 1 saturated carbocycles. The summed E-state index contributed by atoms with van der Waals surface area (Å²) in [5.74, 6) is -0.528. The second-order valence-electron chi connectivity index (χ2n) is 4.69. The number of thioether (sulfide) groups is 1. The first-order chi connectivity index (χ1) is 8.21. The third-order valence-corrected chi connectivity index (χ3v) is 4.54. The van der Waals surface area contributed by atoms with Gasteiger partial charge in [-0.3, -0.25) is 4.79 Å². The molecule has 1 aliphatic carbocycles. The van der Waals surface area contributed by atoms with E-state index in [0.717, 1.165) is 24.5 Å². The third kappa shape index (κ3) is 4.59. The topological polar surface area (TPSA) is 52.9 Å². The lowest BCUT2D eigenvalue weighted by molar-refractivity contribution is -0.124. The molecule has 0 aromatic rings. The van der Waals surface area contributed by atoms with Gasteiger partial charge in [-0.1, -0.05) is 13.3 Å². The van der Waals surface area contributed by atoms with E-state index in [-0.39, 0.29) is 5.91 Å². The molecule has 3 nitrogen and oxygen atoms in total. The molecular formula is C13H22N2OS. The number of nitriles is 1. The Balaban J connectivity index is 2.34. The van der Waals surface area contributed by atoms with Gasteiger partial charge in [0, 0.05) is 11.3 Å². The number of carbonyl (C=O) groups excluding carboxylic acids is 1. The van der Waals surface area contributed by atoms with Gasteiger partial charge in [0.15, 0.2) is 0 Å². The normalized spacial score (nSPS) is 25.9. The number of nitrogens with zero attached hydrogens (tertiary/aromatic N) is 1. The third-order valence-electron chi connectivity index (χ3n) is 3.40. The van der Waals surface area contributed by atoms with Crippen LogP contribution in [0.1, 0.15) is 45.4 Å². The maximum Gasteiger partial charge on any atom is 0.237 e. The summed E-state index contributed by atoms with van der Waals surface area (Å²) in [7, 11) is 0. The summed E-state index contributed by atoms with van der Waals surface area (Å²) in [6.07, 6.45) is 8.17. The Morgan fingerprint density at radius 2 is 2.12 bits per heavy atom. The predicted molar refractivity (Wildman–Crippen MR) is 71.7 cm³/mol. The summed E-state index contributed by atoms with van der Waals surface area (Å²) < 4.78 is 0. The Kier molecular flexibility index (Phi) is 6.43. The minimum Gasteiger partial charge on any atom is -0.352 e. The molecular weight excluding hydrogens is 232 g/mol. The van der Waals surface area contributed by atoms with Gasteiger partial charge in [-0.2, -0.15) is 17.0 Å². The highest BCUT2D eigenvalue weighted by Gasteiger charge is 2.24. The van der Waals surface area contributed by atoms with Gasteiger partial charge in [-0.05, 0) is 38.4 Å². The average Bonchev–Trinajstić information content (AvgIpc) is 2.36. The van der Waals surface area contributed by atoms with Crippen molar-refractivity contribution in [3.8, 4) is 6.07 Å². The van der Waals surface area contributed by atoms with E-state index in [9.17, 15) is 4.79 Å². The molecule has 17 heavy (non-hydrogen) atoms. The average molecular weight is 254 g/mol. The van der Waals surface area contributed by atoms with Crippen LogP contribution in [0.3, 0.4) is 0 Å². The fourth-order valence-corrected chi connectivity index (χ4v) is 3.03. The van der Waals surface area contributed by atoms with Crippen LogP contribution >= 0.6 is 11.8 Å². The van der Waals surface area contributed by atoms with E-state index >= 15 is 0 Å². The number of carbonyl (C=O) groups is 1. The van der Waals surface area contributed by atoms with Crippen molar-refractivity contribution in [2.45, 2.75) is 56.7 Å². The molecule has 0 aliphatic heterocycles. The summed E-state index contributed by atoms with van der Waals surface area (Å²) in [5, 5.41) is 12.7. The fourth-order valence-electron chi connectivity index (χ4n) is 2.29. The summed E-state index contributed by atoms with van der Waals surface area (Å²) >= 11 is 1.92. The van der Waals surface area contributed by atoms with Crippen LogP contribution in [0.5, 0.6) is 0 Å². The molecule has 96 valence electrons. The molecule has 1 aliphatic rings. The molecule has 0 radical (unpaired) electrons. The fraction of sp³-hybridized carbons (Fsp3) is 0.846. The largest absolute Gasteiger partial charge is 0.352 e. The first-order valence-corrected chi connectivity index (χ1v) is 7.72. The highest BCUT2D eigenvalue weighted by atomic mass is 32.2. The number of hydrogen-bond acceptors (Lipinski definition) is 3. The SMILES string of the molecule is CCCC(C#N)C(=O)NC1CCC(SC)CC1. The predicted octanol–water partition coefficient (Wildman–Crippen LogP) is 2.72. The van der Waals surface area contributed by atoms with E-state index in [0.29, 0.717) is 12.5 Å². The van der Waals surface area contributed by atoms with Gasteiger partial charge in [0.05, 0.1) is 6.07 Å². The Labute approximate surface area is 108 Å². The number of rotatable bonds is 5. The quantitative estimate of drug-likeness (QED) is 0.820. The minimum absolute atomic E-state index is 0.0676. The molecule has 0 bridgehead atoms. The van der Waals surface area contributed by atoms with Gasteiger partial charge < -0.3 is 5.32 Å². The molecule has 4 heteroatoms. The van der Waals surface area contributed by atoms with Crippen molar-refractivity contribution in [3.05, 3.63) is 0 Å². The summed E-state index contributed by atoms with van der Waals surface area (Å²) in [5.41, 5.74) is 0. The van der Waals surface area contributed by atoms with E-state index < -0.39 is 5.92 Å². The highest BCUT2D eigenvalue weighted by Crippen LogP contribution is 2.27. The molecule has 0 saturated heterocycles. The molecule has 1 fully saturated rings. The second kappa shape index (κ2) is 7.60. The van der Waals surface area contributed by atoms with Crippen molar-refractivity contribution >= 4 is 17.7 Å². The number of hydrogen-bond donors (Lipinski definition) is 1. The molecule has 0 spiro atoms. The van der Waals surface area contributed by atoms with Crippen LogP contribution in [0, 0.1) is 17.2 Å². The highest BCUT2D eigenvalue weighted by molar-refractivity contribution is 7.99. The molecule has 1 N–H and O–H groups in total. The molecule has 0 aromatic carbocycles. The van der Waals surface area contributed by atoms with Crippen molar-refractivity contribution in [2.75, 3.05) is 6.26 Å². The molecule has 0 aromatic heterocycles. The molecule has 1 amide bonds. The number of nitrogens with one attached hydrogen (secondary N) is 1. The van der Waals surface area contributed by atoms with Crippen molar-refractivity contribution in [3.63, 3.8) is 0 Å². The monoisotopic (exact) mass is 254 g/mol. The van der Waals surface area contributed by atoms with E-state index in [2.05, 4.69) is 17.6 Å². The van der Waals surface area contributed by atoms with Gasteiger partial charge in [0.25, 0.3) is 0 Å². The van der Waals surface area contributed by atoms with Crippen LogP contribution in [0.25, 0.3) is 0 Å². The first kappa shape index (κ1) is 14.4.